The molecule has 1 aromatic carbocycles. The summed E-state index contributed by atoms with van der Waals surface area (Å²) in [4.78, 5) is 21.9. The van der Waals surface area contributed by atoms with E-state index in [1.165, 1.54) is 6.20 Å². The maximum Gasteiger partial charge on any atom is 0.421 e. The van der Waals surface area contributed by atoms with Gasteiger partial charge in [0.15, 0.2) is 0 Å². The summed E-state index contributed by atoms with van der Waals surface area (Å²) in [6.07, 6.45) is -1.83. The summed E-state index contributed by atoms with van der Waals surface area (Å²) in [7, 11) is 0. The molecule has 11 heteroatoms. The van der Waals surface area contributed by atoms with Crippen LogP contribution in [0.2, 0.25) is 0 Å². The van der Waals surface area contributed by atoms with E-state index in [-0.39, 0.29) is 23.7 Å². The van der Waals surface area contributed by atoms with Crippen LogP contribution < -0.4 is 4.74 Å². The molecule has 0 spiro atoms. The topological polar surface area (TPSA) is 114 Å². The lowest BCUT2D eigenvalue weighted by Crippen LogP contribution is -2.14. The molecule has 0 saturated carbocycles. The molecule has 4 rings (SSSR count). The average molecular weight is 460 g/mol. The number of aromatic nitrogens is 4. The monoisotopic (exact) mass is 460 g/mol. The minimum atomic E-state index is -4.67. The Kier molecular flexibility index (Phi) is 5.79. The van der Waals surface area contributed by atoms with Gasteiger partial charge in [-0.2, -0.15) is 18.2 Å². The van der Waals surface area contributed by atoms with E-state index in [1.807, 2.05) is 0 Å². The number of hydrogen-bond donors (Lipinski definition) is 2. The number of fused-ring (bicyclic) bond motifs is 1. The van der Waals surface area contributed by atoms with Crippen molar-refractivity contribution in [1.82, 2.24) is 20.1 Å². The van der Waals surface area contributed by atoms with Gasteiger partial charge in [0.1, 0.15) is 5.56 Å². The summed E-state index contributed by atoms with van der Waals surface area (Å²) in [5, 5.41) is 13.6. The van der Waals surface area contributed by atoms with Crippen LogP contribution in [0.4, 0.5) is 13.2 Å². The summed E-state index contributed by atoms with van der Waals surface area (Å²) in [5.74, 6) is -1.33. The highest BCUT2D eigenvalue weighted by atomic mass is 19.4. The van der Waals surface area contributed by atoms with Gasteiger partial charge in [0.2, 0.25) is 11.7 Å². The number of H-pyrrole nitrogens is 1. The van der Waals surface area contributed by atoms with Crippen molar-refractivity contribution in [2.45, 2.75) is 39.0 Å². The standard InChI is InChI=1S/C22H19F3N4O4/c1-11(2)32-21-16(22(23,24)25)7-14(10-27-21)20-28-19(29-33-20)12-3-5-15-13(4-6-18(30)31)9-26-17(15)8-12/h3,5,7-11,26H,4,6H2,1-2H3,(H,30,31). The first-order valence-corrected chi connectivity index (χ1v) is 10.0. The molecule has 0 amide bonds. The van der Waals surface area contributed by atoms with Gasteiger partial charge in [0.25, 0.3) is 5.89 Å². The maximum absolute atomic E-state index is 13.5. The number of aromatic amines is 1. The van der Waals surface area contributed by atoms with E-state index in [9.17, 15) is 18.0 Å². The largest absolute Gasteiger partial charge is 0.481 e. The Morgan fingerprint density at radius 2 is 2.03 bits per heavy atom. The SMILES string of the molecule is CC(C)Oc1ncc(-c2nc(-c3ccc4c(CCC(=O)O)c[nH]c4c3)no2)cc1C(F)(F)F. The van der Waals surface area contributed by atoms with Crippen molar-refractivity contribution in [3.63, 3.8) is 0 Å². The molecule has 0 bridgehead atoms. The van der Waals surface area contributed by atoms with Crippen molar-refractivity contribution >= 4 is 16.9 Å². The fourth-order valence-corrected chi connectivity index (χ4v) is 3.32. The Balaban J connectivity index is 1.64. The van der Waals surface area contributed by atoms with Crippen molar-refractivity contribution in [1.29, 1.82) is 0 Å². The van der Waals surface area contributed by atoms with E-state index in [0.717, 1.165) is 22.5 Å². The predicted octanol–water partition coefficient (Wildman–Crippen LogP) is 5.10. The van der Waals surface area contributed by atoms with Gasteiger partial charge in [-0.05, 0) is 38.0 Å². The maximum atomic E-state index is 13.5. The highest BCUT2D eigenvalue weighted by molar-refractivity contribution is 5.87. The number of carbonyl (C=O) groups is 1. The van der Waals surface area contributed by atoms with Crippen molar-refractivity contribution in [3.05, 3.63) is 47.8 Å². The van der Waals surface area contributed by atoms with Crippen LogP contribution >= 0.6 is 0 Å². The van der Waals surface area contributed by atoms with Gasteiger partial charge in [0.05, 0.1) is 11.7 Å². The van der Waals surface area contributed by atoms with Crippen LogP contribution in [0.1, 0.15) is 31.4 Å². The number of rotatable bonds is 7. The Bertz CT molecular complexity index is 1310. The number of alkyl halides is 3. The van der Waals surface area contributed by atoms with Crippen LogP contribution in [-0.2, 0) is 17.4 Å². The van der Waals surface area contributed by atoms with Crippen LogP contribution in [-0.4, -0.2) is 37.3 Å². The molecular weight excluding hydrogens is 441 g/mol. The van der Waals surface area contributed by atoms with Crippen molar-refractivity contribution in [3.8, 4) is 28.7 Å². The number of pyridine rings is 1. The second kappa shape index (κ2) is 8.57. The molecule has 0 aliphatic carbocycles. The Morgan fingerprint density at radius 3 is 2.73 bits per heavy atom. The summed E-state index contributed by atoms with van der Waals surface area (Å²) in [6, 6.07) is 6.15. The van der Waals surface area contributed by atoms with E-state index >= 15 is 0 Å². The second-order valence-corrected chi connectivity index (χ2v) is 7.63. The lowest BCUT2D eigenvalue weighted by molar-refractivity contribution is -0.139. The molecular formula is C22H19F3N4O4. The number of hydrogen-bond acceptors (Lipinski definition) is 6. The molecule has 33 heavy (non-hydrogen) atoms. The highest BCUT2D eigenvalue weighted by Gasteiger charge is 2.36. The van der Waals surface area contributed by atoms with Gasteiger partial charge >= 0.3 is 12.1 Å². The van der Waals surface area contributed by atoms with Gasteiger partial charge < -0.3 is 19.4 Å². The van der Waals surface area contributed by atoms with Gasteiger partial charge in [-0.3, -0.25) is 4.79 Å². The quantitative estimate of drug-likeness (QED) is 0.394. The van der Waals surface area contributed by atoms with Crippen LogP contribution in [0.5, 0.6) is 5.88 Å². The number of carboxylic acid groups (broad SMARTS) is 1. The van der Waals surface area contributed by atoms with E-state index < -0.39 is 29.7 Å². The number of carboxylic acids is 1. The van der Waals surface area contributed by atoms with Crippen molar-refractivity contribution in [2.24, 2.45) is 0 Å². The third-order valence-electron chi connectivity index (χ3n) is 4.81. The summed E-state index contributed by atoms with van der Waals surface area (Å²) in [5.41, 5.74) is 1.16. The molecule has 0 aliphatic rings. The van der Waals surface area contributed by atoms with Crippen molar-refractivity contribution < 1.29 is 32.3 Å². The second-order valence-electron chi connectivity index (χ2n) is 7.63. The Labute approximate surface area is 185 Å². The van der Waals surface area contributed by atoms with Gasteiger partial charge in [-0.1, -0.05) is 17.3 Å². The number of nitrogens with one attached hydrogen (secondary N) is 1. The lowest BCUT2D eigenvalue weighted by atomic mass is 10.1. The minimum absolute atomic E-state index is 0.00842. The third kappa shape index (κ3) is 4.81. The predicted molar refractivity (Wildman–Crippen MR) is 112 cm³/mol. The number of aryl methyl sites for hydroxylation is 1. The van der Waals surface area contributed by atoms with Crippen molar-refractivity contribution in [2.75, 3.05) is 0 Å². The van der Waals surface area contributed by atoms with Gasteiger partial charge in [0, 0.05) is 35.3 Å². The molecule has 0 fully saturated rings. The van der Waals surface area contributed by atoms with E-state index in [2.05, 4.69) is 20.1 Å². The molecule has 3 aromatic heterocycles. The van der Waals surface area contributed by atoms with E-state index in [0.29, 0.717) is 12.0 Å². The molecule has 0 radical (unpaired) electrons. The Morgan fingerprint density at radius 1 is 1.24 bits per heavy atom. The van der Waals surface area contributed by atoms with Gasteiger partial charge in [-0.25, -0.2) is 4.98 Å². The van der Waals surface area contributed by atoms with E-state index in [1.54, 1.807) is 38.2 Å². The fourth-order valence-electron chi connectivity index (χ4n) is 3.32. The van der Waals surface area contributed by atoms with Crippen LogP contribution in [0, 0.1) is 0 Å². The highest BCUT2D eigenvalue weighted by Crippen LogP contribution is 2.38. The molecule has 8 nitrogen and oxygen atoms in total. The van der Waals surface area contributed by atoms with Gasteiger partial charge in [-0.15, -0.1) is 0 Å². The molecule has 0 atom stereocenters. The lowest BCUT2D eigenvalue weighted by Gasteiger charge is -2.15. The zero-order valence-corrected chi connectivity index (χ0v) is 17.6. The molecule has 0 unspecified atom stereocenters. The third-order valence-corrected chi connectivity index (χ3v) is 4.81. The summed E-state index contributed by atoms with van der Waals surface area (Å²) < 4.78 is 50.8. The molecule has 3 heterocycles. The average Bonchev–Trinajstić information content (AvgIpc) is 3.38. The zero-order valence-electron chi connectivity index (χ0n) is 17.6. The smallest absolute Gasteiger partial charge is 0.421 e. The normalized spacial score (nSPS) is 11.9. The first kappa shape index (κ1) is 22.3. The Hall–Kier alpha value is -3.89. The molecule has 4 aromatic rings. The molecule has 0 saturated heterocycles. The molecule has 2 N–H and O–H groups in total. The summed E-state index contributed by atoms with van der Waals surface area (Å²) in [6.45, 7) is 3.21. The number of nitrogens with zero attached hydrogens (tertiary/aromatic N) is 3. The van der Waals surface area contributed by atoms with Crippen LogP contribution in [0.15, 0.2) is 41.2 Å². The first-order chi connectivity index (χ1) is 15.6. The van der Waals surface area contributed by atoms with Crippen LogP contribution in [0.25, 0.3) is 33.7 Å². The minimum Gasteiger partial charge on any atom is -0.481 e. The number of ether oxygens (including phenoxy) is 1. The van der Waals surface area contributed by atoms with E-state index in [4.69, 9.17) is 14.4 Å². The fraction of sp³-hybridized carbons (Fsp3) is 0.273. The first-order valence-electron chi connectivity index (χ1n) is 10.0. The molecule has 172 valence electrons. The zero-order chi connectivity index (χ0) is 23.8. The summed E-state index contributed by atoms with van der Waals surface area (Å²) >= 11 is 0. The number of halogens is 3. The number of benzene rings is 1. The molecule has 0 aliphatic heterocycles. The number of aliphatic carboxylic acids is 1. The van der Waals surface area contributed by atoms with Crippen LogP contribution in [0.3, 0.4) is 0 Å².